The van der Waals surface area contributed by atoms with Gasteiger partial charge in [-0.25, -0.2) is 14.4 Å². The SMILES string of the molecule is Cn1cc(-c2cccc(N)c2F)c2cncnc21. The van der Waals surface area contributed by atoms with E-state index in [4.69, 9.17) is 5.73 Å². The average molecular weight is 242 g/mol. The maximum absolute atomic E-state index is 14.0. The van der Waals surface area contributed by atoms with Crippen LogP contribution < -0.4 is 5.73 Å². The summed E-state index contributed by atoms with van der Waals surface area (Å²) in [6.07, 6.45) is 4.99. The van der Waals surface area contributed by atoms with E-state index in [0.29, 0.717) is 5.56 Å². The molecule has 18 heavy (non-hydrogen) atoms. The summed E-state index contributed by atoms with van der Waals surface area (Å²) in [5, 5.41) is 0.810. The molecular weight excluding hydrogens is 231 g/mol. The monoisotopic (exact) mass is 242 g/mol. The third-order valence-corrected chi connectivity index (χ3v) is 2.96. The summed E-state index contributed by atoms with van der Waals surface area (Å²) in [6, 6.07) is 4.98. The fourth-order valence-electron chi connectivity index (χ4n) is 2.09. The summed E-state index contributed by atoms with van der Waals surface area (Å²) in [5.74, 6) is -0.408. The van der Waals surface area contributed by atoms with Gasteiger partial charge in [-0.3, -0.25) is 0 Å². The van der Waals surface area contributed by atoms with E-state index in [0.717, 1.165) is 16.6 Å². The second-order valence-electron chi connectivity index (χ2n) is 4.12. The molecule has 0 bridgehead atoms. The molecule has 0 amide bonds. The Bertz CT molecular complexity index is 733. The molecule has 0 aliphatic heterocycles. The molecule has 0 saturated heterocycles. The molecule has 0 saturated carbocycles. The van der Waals surface area contributed by atoms with Gasteiger partial charge in [-0.2, -0.15) is 0 Å². The number of rotatable bonds is 1. The Hall–Kier alpha value is -2.43. The zero-order valence-electron chi connectivity index (χ0n) is 9.76. The lowest BCUT2D eigenvalue weighted by molar-refractivity contribution is 0.636. The van der Waals surface area contributed by atoms with Crippen molar-refractivity contribution < 1.29 is 4.39 Å². The van der Waals surface area contributed by atoms with Gasteiger partial charge < -0.3 is 10.3 Å². The van der Waals surface area contributed by atoms with Crippen molar-refractivity contribution in [3.8, 4) is 11.1 Å². The first-order valence-electron chi connectivity index (χ1n) is 5.48. The highest BCUT2D eigenvalue weighted by Gasteiger charge is 2.14. The van der Waals surface area contributed by atoms with Gasteiger partial charge in [-0.05, 0) is 6.07 Å². The van der Waals surface area contributed by atoms with E-state index in [1.54, 1.807) is 24.4 Å². The van der Waals surface area contributed by atoms with E-state index in [2.05, 4.69) is 9.97 Å². The molecule has 0 radical (unpaired) electrons. The van der Waals surface area contributed by atoms with E-state index in [1.165, 1.54) is 6.33 Å². The van der Waals surface area contributed by atoms with E-state index >= 15 is 0 Å². The minimum absolute atomic E-state index is 0.140. The normalized spacial score (nSPS) is 11.0. The lowest BCUT2D eigenvalue weighted by Gasteiger charge is -2.03. The van der Waals surface area contributed by atoms with Crippen LogP contribution in [-0.2, 0) is 7.05 Å². The smallest absolute Gasteiger partial charge is 0.153 e. The van der Waals surface area contributed by atoms with Crippen molar-refractivity contribution >= 4 is 16.7 Å². The van der Waals surface area contributed by atoms with Gasteiger partial charge in [0.15, 0.2) is 5.82 Å². The van der Waals surface area contributed by atoms with Crippen molar-refractivity contribution in [1.29, 1.82) is 0 Å². The number of halogens is 1. The Kier molecular flexibility index (Phi) is 2.26. The van der Waals surface area contributed by atoms with Crippen LogP contribution in [0.5, 0.6) is 0 Å². The Morgan fingerprint density at radius 1 is 1.28 bits per heavy atom. The number of aryl methyl sites for hydroxylation is 1. The maximum Gasteiger partial charge on any atom is 0.153 e. The number of benzene rings is 1. The Morgan fingerprint density at radius 3 is 2.94 bits per heavy atom. The van der Waals surface area contributed by atoms with Crippen molar-refractivity contribution in [3.63, 3.8) is 0 Å². The van der Waals surface area contributed by atoms with Crippen LogP contribution in [0.4, 0.5) is 10.1 Å². The molecule has 2 heterocycles. The van der Waals surface area contributed by atoms with Crippen molar-refractivity contribution in [2.45, 2.75) is 0 Å². The Labute approximate surface area is 103 Å². The number of nitrogens with two attached hydrogens (primary N) is 1. The first-order chi connectivity index (χ1) is 8.68. The first-order valence-corrected chi connectivity index (χ1v) is 5.48. The summed E-state index contributed by atoms with van der Waals surface area (Å²) in [4.78, 5) is 8.16. The molecule has 4 nitrogen and oxygen atoms in total. The van der Waals surface area contributed by atoms with Crippen LogP contribution in [-0.4, -0.2) is 14.5 Å². The molecule has 0 aliphatic carbocycles. The van der Waals surface area contributed by atoms with E-state index < -0.39 is 5.82 Å². The van der Waals surface area contributed by atoms with Gasteiger partial charge in [0, 0.05) is 36.0 Å². The molecule has 0 atom stereocenters. The molecule has 5 heteroatoms. The zero-order valence-corrected chi connectivity index (χ0v) is 9.76. The predicted octanol–water partition coefficient (Wildman–Crippen LogP) is 2.36. The summed E-state index contributed by atoms with van der Waals surface area (Å²) >= 11 is 0. The molecule has 90 valence electrons. The minimum atomic E-state index is -0.408. The van der Waals surface area contributed by atoms with Gasteiger partial charge in [0.2, 0.25) is 0 Å². The van der Waals surface area contributed by atoms with Crippen LogP contribution in [0.15, 0.2) is 36.9 Å². The molecule has 3 aromatic rings. The maximum atomic E-state index is 14.0. The van der Waals surface area contributed by atoms with E-state index in [1.807, 2.05) is 17.8 Å². The second-order valence-corrected chi connectivity index (χ2v) is 4.12. The number of nitrogens with zero attached hydrogens (tertiary/aromatic N) is 3. The van der Waals surface area contributed by atoms with Crippen LogP contribution in [0.1, 0.15) is 0 Å². The number of nitrogen functional groups attached to an aromatic ring is 1. The summed E-state index contributed by atoms with van der Waals surface area (Å²) in [6.45, 7) is 0. The van der Waals surface area contributed by atoms with E-state index in [-0.39, 0.29) is 5.69 Å². The van der Waals surface area contributed by atoms with Crippen LogP contribution in [0.2, 0.25) is 0 Å². The molecule has 1 aromatic carbocycles. The zero-order chi connectivity index (χ0) is 12.7. The van der Waals surface area contributed by atoms with E-state index in [9.17, 15) is 4.39 Å². The molecule has 3 rings (SSSR count). The number of anilines is 1. The Morgan fingerprint density at radius 2 is 2.11 bits per heavy atom. The standard InChI is InChI=1S/C13H11FN4/c1-18-6-10(9-5-16-7-17-13(9)18)8-3-2-4-11(15)12(8)14/h2-7H,15H2,1H3. The largest absolute Gasteiger partial charge is 0.396 e. The quantitative estimate of drug-likeness (QED) is 0.666. The van der Waals surface area contributed by atoms with Gasteiger partial charge >= 0.3 is 0 Å². The summed E-state index contributed by atoms with van der Waals surface area (Å²) in [5.41, 5.74) is 7.72. The molecule has 2 aromatic heterocycles. The molecule has 0 spiro atoms. The lowest BCUT2D eigenvalue weighted by Crippen LogP contribution is -1.92. The van der Waals surface area contributed by atoms with Gasteiger partial charge in [0.1, 0.15) is 12.0 Å². The van der Waals surface area contributed by atoms with Gasteiger partial charge in [0.25, 0.3) is 0 Å². The third-order valence-electron chi connectivity index (χ3n) is 2.96. The van der Waals surface area contributed by atoms with Crippen molar-refractivity contribution in [3.05, 3.63) is 42.7 Å². The minimum Gasteiger partial charge on any atom is -0.396 e. The van der Waals surface area contributed by atoms with Gasteiger partial charge in [-0.15, -0.1) is 0 Å². The van der Waals surface area contributed by atoms with Gasteiger partial charge in [0.05, 0.1) is 5.69 Å². The van der Waals surface area contributed by atoms with Crippen LogP contribution in [0, 0.1) is 5.82 Å². The average Bonchev–Trinajstić information content (AvgIpc) is 2.71. The fraction of sp³-hybridized carbons (Fsp3) is 0.0769. The lowest BCUT2D eigenvalue weighted by atomic mass is 10.1. The van der Waals surface area contributed by atoms with Gasteiger partial charge in [-0.1, -0.05) is 12.1 Å². The number of hydrogen-bond acceptors (Lipinski definition) is 3. The first kappa shape index (κ1) is 10.7. The topological polar surface area (TPSA) is 56.7 Å². The van der Waals surface area contributed by atoms with Crippen molar-refractivity contribution in [2.24, 2.45) is 7.05 Å². The Balaban J connectivity index is 2.36. The summed E-state index contributed by atoms with van der Waals surface area (Å²) < 4.78 is 15.9. The molecule has 0 aliphatic rings. The third kappa shape index (κ3) is 1.44. The second kappa shape index (κ2) is 3.80. The highest BCUT2D eigenvalue weighted by Crippen LogP contribution is 2.32. The van der Waals surface area contributed by atoms with Crippen LogP contribution in [0.3, 0.4) is 0 Å². The molecular formula is C13H11FN4. The van der Waals surface area contributed by atoms with Crippen LogP contribution >= 0.6 is 0 Å². The number of fused-ring (bicyclic) bond motifs is 1. The number of aromatic nitrogens is 3. The molecule has 0 fully saturated rings. The highest BCUT2D eigenvalue weighted by atomic mass is 19.1. The highest BCUT2D eigenvalue weighted by molar-refractivity contribution is 5.94. The molecule has 0 unspecified atom stereocenters. The van der Waals surface area contributed by atoms with Crippen molar-refractivity contribution in [1.82, 2.24) is 14.5 Å². The molecule has 2 N–H and O–H groups in total. The number of hydrogen-bond donors (Lipinski definition) is 1. The summed E-state index contributed by atoms with van der Waals surface area (Å²) in [7, 11) is 1.86. The predicted molar refractivity (Wildman–Crippen MR) is 68.3 cm³/mol. The fourth-order valence-corrected chi connectivity index (χ4v) is 2.09. The van der Waals surface area contributed by atoms with Crippen LogP contribution in [0.25, 0.3) is 22.2 Å². The van der Waals surface area contributed by atoms with Crippen molar-refractivity contribution in [2.75, 3.05) is 5.73 Å².